The summed E-state index contributed by atoms with van der Waals surface area (Å²) in [4.78, 5) is 23.8. The summed E-state index contributed by atoms with van der Waals surface area (Å²) in [7, 11) is 1.73. The third-order valence-corrected chi connectivity index (χ3v) is 2.30. The highest BCUT2D eigenvalue weighted by atomic mass is 16.1. The van der Waals surface area contributed by atoms with Crippen LogP contribution in [-0.4, -0.2) is 48.3 Å². The highest BCUT2D eigenvalue weighted by Gasteiger charge is 2.36. The molecule has 0 bridgehead atoms. The molecule has 1 fully saturated rings. The number of likely N-dealkylation sites (tertiary alicyclic amines) is 1. The van der Waals surface area contributed by atoms with Crippen LogP contribution < -0.4 is 0 Å². The minimum absolute atomic E-state index is 0.169. The van der Waals surface area contributed by atoms with Crippen molar-refractivity contribution in [3.05, 3.63) is 0 Å². The second kappa shape index (κ2) is 2.90. The predicted octanol–water partition coefficient (Wildman–Crippen LogP) is -0.696. The van der Waals surface area contributed by atoms with Crippen LogP contribution in [0.5, 0.6) is 0 Å². The summed E-state index contributed by atoms with van der Waals surface area (Å²) in [6.45, 7) is 2.60. The maximum absolute atomic E-state index is 10.3. The zero-order valence-corrected chi connectivity index (χ0v) is 6.73. The molecular weight excluding hydrogens is 144 g/mol. The molecule has 0 aromatic heterocycles. The second-order valence-electron chi connectivity index (χ2n) is 2.88. The lowest BCUT2D eigenvalue weighted by molar-refractivity contribution is -0.136. The Balaban J connectivity index is 2.43. The fourth-order valence-electron chi connectivity index (χ4n) is 1.30. The van der Waals surface area contributed by atoms with Crippen LogP contribution in [0, 0.1) is 0 Å². The van der Waals surface area contributed by atoms with Gasteiger partial charge < -0.3 is 9.80 Å². The average molecular weight is 156 g/mol. The standard InChI is InChI=1S/C7H12N2O2/c1-6-7(8(2)4-10)3-9(6)5-11/h4-7H,3H2,1-2H3/t6?,7-/m0/s1. The first kappa shape index (κ1) is 8.04. The maximum atomic E-state index is 10.3. The minimum Gasteiger partial charge on any atom is -0.341 e. The van der Waals surface area contributed by atoms with Gasteiger partial charge in [0.25, 0.3) is 0 Å². The van der Waals surface area contributed by atoms with Crippen molar-refractivity contribution in [1.29, 1.82) is 0 Å². The average Bonchev–Trinajstić information content (AvgIpc) is 2.02. The third-order valence-electron chi connectivity index (χ3n) is 2.30. The number of carbonyl (C=O) groups excluding carboxylic acids is 2. The highest BCUT2D eigenvalue weighted by Crippen LogP contribution is 2.18. The fourth-order valence-corrected chi connectivity index (χ4v) is 1.30. The second-order valence-corrected chi connectivity index (χ2v) is 2.88. The molecular formula is C7H12N2O2. The Morgan fingerprint density at radius 3 is 2.55 bits per heavy atom. The summed E-state index contributed by atoms with van der Waals surface area (Å²) in [5.41, 5.74) is 0. The van der Waals surface area contributed by atoms with E-state index in [9.17, 15) is 9.59 Å². The van der Waals surface area contributed by atoms with Gasteiger partial charge in [0.15, 0.2) is 0 Å². The summed E-state index contributed by atoms with van der Waals surface area (Å²) in [5.74, 6) is 0. The van der Waals surface area contributed by atoms with Gasteiger partial charge in [0, 0.05) is 13.6 Å². The first-order valence-corrected chi connectivity index (χ1v) is 3.59. The SMILES string of the molecule is CC1[C@@H](N(C)C=O)CN1C=O. The number of rotatable bonds is 3. The van der Waals surface area contributed by atoms with Crippen LogP contribution in [0.1, 0.15) is 6.92 Å². The number of amides is 2. The summed E-state index contributed by atoms with van der Waals surface area (Å²) in [6.07, 6.45) is 1.61. The van der Waals surface area contributed by atoms with Crippen LogP contribution in [0.15, 0.2) is 0 Å². The van der Waals surface area contributed by atoms with E-state index in [1.165, 1.54) is 0 Å². The quantitative estimate of drug-likeness (QED) is 0.507. The van der Waals surface area contributed by atoms with Gasteiger partial charge in [0.1, 0.15) is 0 Å². The number of hydrogen-bond acceptors (Lipinski definition) is 2. The van der Waals surface area contributed by atoms with Crippen LogP contribution in [0.25, 0.3) is 0 Å². The highest BCUT2D eigenvalue weighted by molar-refractivity contribution is 5.53. The van der Waals surface area contributed by atoms with E-state index in [1.807, 2.05) is 6.92 Å². The number of hydrogen-bond donors (Lipinski definition) is 0. The summed E-state index contributed by atoms with van der Waals surface area (Å²) >= 11 is 0. The van der Waals surface area contributed by atoms with E-state index < -0.39 is 0 Å². The van der Waals surface area contributed by atoms with Crippen LogP contribution >= 0.6 is 0 Å². The monoisotopic (exact) mass is 156 g/mol. The lowest BCUT2D eigenvalue weighted by Gasteiger charge is -2.47. The molecule has 62 valence electrons. The first-order valence-electron chi connectivity index (χ1n) is 3.59. The van der Waals surface area contributed by atoms with E-state index in [0.717, 1.165) is 12.8 Å². The molecule has 1 unspecified atom stereocenters. The lowest BCUT2D eigenvalue weighted by atomic mass is 9.98. The maximum Gasteiger partial charge on any atom is 0.210 e. The predicted molar refractivity (Wildman–Crippen MR) is 39.8 cm³/mol. The van der Waals surface area contributed by atoms with Crippen molar-refractivity contribution in [2.75, 3.05) is 13.6 Å². The van der Waals surface area contributed by atoms with Gasteiger partial charge in [-0.15, -0.1) is 0 Å². The van der Waals surface area contributed by atoms with E-state index in [0.29, 0.717) is 6.54 Å². The van der Waals surface area contributed by atoms with E-state index in [4.69, 9.17) is 0 Å². The van der Waals surface area contributed by atoms with E-state index in [1.54, 1.807) is 16.8 Å². The largest absolute Gasteiger partial charge is 0.341 e. The first-order chi connectivity index (χ1) is 5.20. The molecule has 11 heavy (non-hydrogen) atoms. The molecule has 0 aromatic rings. The number of carbonyl (C=O) groups is 2. The van der Waals surface area contributed by atoms with Gasteiger partial charge in [-0.1, -0.05) is 0 Å². The Kier molecular flexibility index (Phi) is 2.12. The fraction of sp³-hybridized carbons (Fsp3) is 0.714. The molecule has 0 aromatic carbocycles. The Hall–Kier alpha value is -1.06. The molecule has 2 amide bonds. The van der Waals surface area contributed by atoms with E-state index in [-0.39, 0.29) is 12.1 Å². The van der Waals surface area contributed by atoms with Crippen LogP contribution in [0.4, 0.5) is 0 Å². The van der Waals surface area contributed by atoms with Gasteiger partial charge in [0.05, 0.1) is 12.1 Å². The third kappa shape index (κ3) is 1.20. The Morgan fingerprint density at radius 2 is 2.18 bits per heavy atom. The Bertz CT molecular complexity index is 172. The normalized spacial score (nSPS) is 29.1. The molecule has 1 heterocycles. The molecule has 1 saturated heterocycles. The van der Waals surface area contributed by atoms with E-state index >= 15 is 0 Å². The zero-order valence-electron chi connectivity index (χ0n) is 6.73. The van der Waals surface area contributed by atoms with Gasteiger partial charge in [-0.25, -0.2) is 0 Å². The van der Waals surface area contributed by atoms with Crippen molar-refractivity contribution in [3.8, 4) is 0 Å². The van der Waals surface area contributed by atoms with Gasteiger partial charge in [-0.3, -0.25) is 9.59 Å². The topological polar surface area (TPSA) is 40.6 Å². The van der Waals surface area contributed by atoms with Crippen molar-refractivity contribution >= 4 is 12.8 Å². The summed E-state index contributed by atoms with van der Waals surface area (Å²) in [6, 6.07) is 0.375. The molecule has 4 nitrogen and oxygen atoms in total. The minimum atomic E-state index is 0.169. The molecule has 0 radical (unpaired) electrons. The molecule has 0 saturated carbocycles. The Labute approximate surface area is 65.8 Å². The Morgan fingerprint density at radius 1 is 1.55 bits per heavy atom. The molecule has 0 N–H and O–H groups in total. The van der Waals surface area contributed by atoms with Gasteiger partial charge in [-0.2, -0.15) is 0 Å². The molecule has 1 rings (SSSR count). The lowest BCUT2D eigenvalue weighted by Crippen LogP contribution is -2.63. The molecule has 4 heteroatoms. The van der Waals surface area contributed by atoms with E-state index in [2.05, 4.69) is 0 Å². The van der Waals surface area contributed by atoms with Crippen LogP contribution in [0.2, 0.25) is 0 Å². The van der Waals surface area contributed by atoms with Crippen molar-refractivity contribution in [2.24, 2.45) is 0 Å². The van der Waals surface area contributed by atoms with Crippen molar-refractivity contribution < 1.29 is 9.59 Å². The molecule has 2 atom stereocenters. The summed E-state index contributed by atoms with van der Waals surface area (Å²) in [5, 5.41) is 0. The molecule has 0 spiro atoms. The number of nitrogens with zero attached hydrogens (tertiary/aromatic N) is 2. The van der Waals surface area contributed by atoms with Gasteiger partial charge >= 0.3 is 0 Å². The van der Waals surface area contributed by atoms with Crippen molar-refractivity contribution in [1.82, 2.24) is 9.80 Å². The van der Waals surface area contributed by atoms with Crippen LogP contribution in [-0.2, 0) is 9.59 Å². The smallest absolute Gasteiger partial charge is 0.210 e. The summed E-state index contributed by atoms with van der Waals surface area (Å²) < 4.78 is 0. The van der Waals surface area contributed by atoms with Crippen molar-refractivity contribution in [3.63, 3.8) is 0 Å². The van der Waals surface area contributed by atoms with Crippen molar-refractivity contribution in [2.45, 2.75) is 19.0 Å². The zero-order chi connectivity index (χ0) is 8.43. The van der Waals surface area contributed by atoms with Gasteiger partial charge in [-0.05, 0) is 6.92 Å². The number of likely N-dealkylation sites (N-methyl/N-ethyl adjacent to an activating group) is 1. The molecule has 0 aliphatic carbocycles. The van der Waals surface area contributed by atoms with Gasteiger partial charge in [0.2, 0.25) is 12.8 Å². The molecule has 1 aliphatic heterocycles. The molecule has 1 aliphatic rings. The van der Waals surface area contributed by atoms with Crippen LogP contribution in [0.3, 0.4) is 0 Å².